The lowest BCUT2D eigenvalue weighted by atomic mass is 9.66. The van der Waals surface area contributed by atoms with Gasteiger partial charge in [-0.05, 0) is 11.6 Å². The highest BCUT2D eigenvalue weighted by molar-refractivity contribution is 7.85. The first kappa shape index (κ1) is 16.5. The highest BCUT2D eigenvalue weighted by Gasteiger charge is 2.17. The third-order valence-corrected chi connectivity index (χ3v) is 5.82. The van der Waals surface area contributed by atoms with E-state index in [-0.39, 0.29) is 0 Å². The predicted molar refractivity (Wildman–Crippen MR) is 114 cm³/mol. The number of thiol groups is 4. The van der Waals surface area contributed by atoms with Crippen LogP contribution in [0.4, 0.5) is 0 Å². The van der Waals surface area contributed by atoms with E-state index >= 15 is 0 Å². The summed E-state index contributed by atoms with van der Waals surface area (Å²) in [7, 11) is 8.56. The van der Waals surface area contributed by atoms with E-state index in [2.05, 4.69) is 88.0 Å². The summed E-state index contributed by atoms with van der Waals surface area (Å²) in [5.41, 5.74) is 7.33. The maximum absolute atomic E-state index is 4.65. The fourth-order valence-electron chi connectivity index (χ4n) is 2.47. The van der Waals surface area contributed by atoms with Crippen LogP contribution in [0, 0.1) is 0 Å². The maximum Gasteiger partial charge on any atom is 0.139 e. The van der Waals surface area contributed by atoms with E-state index < -0.39 is 0 Å². The van der Waals surface area contributed by atoms with Gasteiger partial charge in [-0.1, -0.05) is 27.9 Å². The summed E-state index contributed by atoms with van der Waals surface area (Å²) in [6.07, 6.45) is 0. The SMILES string of the molecule is Bc1cc(B)c(B)c(-c2c(S)cc(S)c(S)c2S)c1B. The van der Waals surface area contributed by atoms with Gasteiger partial charge in [0.2, 0.25) is 0 Å². The van der Waals surface area contributed by atoms with Crippen LogP contribution < -0.4 is 21.9 Å². The summed E-state index contributed by atoms with van der Waals surface area (Å²) in [5, 5.41) is 0. The Hall–Kier alpha value is 0.0997. The Morgan fingerprint density at radius 2 is 1.10 bits per heavy atom. The van der Waals surface area contributed by atoms with Crippen molar-refractivity contribution in [3.63, 3.8) is 0 Å². The molecule has 2 aromatic rings. The minimum atomic E-state index is 0.794. The van der Waals surface area contributed by atoms with Gasteiger partial charge < -0.3 is 0 Å². The molecule has 0 saturated heterocycles. The quantitative estimate of drug-likeness (QED) is 0.324. The molecule has 0 aliphatic carbocycles. The monoisotopic (exact) mass is 330 g/mol. The average molecular weight is 330 g/mol. The topological polar surface area (TPSA) is 0 Å². The standard InChI is InChI=1S/C12H14B4S4/c13-3-1-4(14)10(16)8(9(3)15)7-5(17)2-6(18)11(19)12(7)20/h1-2,17-20H,13-16H2. The van der Waals surface area contributed by atoms with Gasteiger partial charge in [0.1, 0.15) is 31.4 Å². The molecule has 2 rings (SSSR count). The normalized spacial score (nSPS) is 10.8. The molecule has 0 bridgehead atoms. The van der Waals surface area contributed by atoms with Crippen LogP contribution in [0.1, 0.15) is 0 Å². The van der Waals surface area contributed by atoms with Crippen molar-refractivity contribution in [1.82, 2.24) is 0 Å². The fraction of sp³-hybridized carbons (Fsp3) is 0. The first-order valence-corrected chi connectivity index (χ1v) is 8.09. The predicted octanol–water partition coefficient (Wildman–Crippen LogP) is -2.46. The maximum atomic E-state index is 4.65. The molecule has 0 fully saturated rings. The third kappa shape index (κ3) is 2.72. The van der Waals surface area contributed by atoms with E-state index in [9.17, 15) is 0 Å². The minimum Gasteiger partial charge on any atom is -0.143 e. The fourth-order valence-corrected chi connectivity index (χ4v) is 3.87. The van der Waals surface area contributed by atoms with Crippen LogP contribution in [0.2, 0.25) is 0 Å². The van der Waals surface area contributed by atoms with Gasteiger partial charge >= 0.3 is 0 Å². The van der Waals surface area contributed by atoms with Crippen molar-refractivity contribution < 1.29 is 0 Å². The summed E-state index contributed by atoms with van der Waals surface area (Å²) in [5.74, 6) is 0. The number of benzene rings is 2. The van der Waals surface area contributed by atoms with Crippen LogP contribution in [0.15, 0.2) is 31.7 Å². The summed E-state index contributed by atoms with van der Waals surface area (Å²) < 4.78 is 0. The second-order valence-electron chi connectivity index (χ2n) is 5.12. The van der Waals surface area contributed by atoms with Crippen LogP contribution in [0.25, 0.3) is 11.1 Å². The van der Waals surface area contributed by atoms with Crippen LogP contribution in [-0.4, -0.2) is 31.4 Å². The van der Waals surface area contributed by atoms with E-state index in [1.165, 1.54) is 27.4 Å². The van der Waals surface area contributed by atoms with Gasteiger partial charge in [-0.3, -0.25) is 0 Å². The molecule has 0 radical (unpaired) electrons. The summed E-state index contributed by atoms with van der Waals surface area (Å²) in [6, 6.07) is 4.15. The highest BCUT2D eigenvalue weighted by atomic mass is 32.1. The van der Waals surface area contributed by atoms with E-state index in [1.54, 1.807) is 0 Å². The molecule has 0 unspecified atom stereocenters. The largest absolute Gasteiger partial charge is 0.143 e. The first-order chi connectivity index (χ1) is 9.25. The molecule has 98 valence electrons. The molecule has 0 aromatic heterocycles. The molecular formula is C12H14B4S4. The minimum absolute atomic E-state index is 0.794. The molecular weight excluding hydrogens is 316 g/mol. The van der Waals surface area contributed by atoms with E-state index in [4.69, 9.17) is 0 Å². The van der Waals surface area contributed by atoms with Crippen molar-refractivity contribution in [2.24, 2.45) is 0 Å². The summed E-state index contributed by atoms with van der Waals surface area (Å²) in [4.78, 5) is 3.31. The zero-order valence-corrected chi connectivity index (χ0v) is 15.5. The van der Waals surface area contributed by atoms with Crippen molar-refractivity contribution in [1.29, 1.82) is 0 Å². The molecule has 0 heterocycles. The molecule has 0 aliphatic heterocycles. The zero-order valence-electron chi connectivity index (χ0n) is 11.9. The van der Waals surface area contributed by atoms with Crippen LogP contribution >= 0.6 is 50.5 Å². The summed E-state index contributed by atoms with van der Waals surface area (Å²) in [6.45, 7) is 0. The van der Waals surface area contributed by atoms with E-state index in [0.717, 1.165) is 25.1 Å². The Morgan fingerprint density at radius 3 is 1.60 bits per heavy atom. The van der Waals surface area contributed by atoms with Crippen molar-refractivity contribution in [3.8, 4) is 11.1 Å². The van der Waals surface area contributed by atoms with Crippen molar-refractivity contribution in [3.05, 3.63) is 12.1 Å². The Balaban J connectivity index is 2.93. The lowest BCUT2D eigenvalue weighted by molar-refractivity contribution is 1.10. The number of hydrogen-bond acceptors (Lipinski definition) is 4. The molecule has 20 heavy (non-hydrogen) atoms. The molecule has 0 saturated carbocycles. The van der Waals surface area contributed by atoms with Gasteiger partial charge in [0, 0.05) is 25.1 Å². The van der Waals surface area contributed by atoms with Crippen molar-refractivity contribution >= 4 is 104 Å². The molecule has 0 nitrogen and oxygen atoms in total. The van der Waals surface area contributed by atoms with E-state index in [0.29, 0.717) is 0 Å². The second kappa shape index (κ2) is 6.07. The molecule has 0 atom stereocenters. The van der Waals surface area contributed by atoms with Gasteiger partial charge in [-0.15, -0.1) is 50.5 Å². The lowest BCUT2D eigenvalue weighted by Crippen LogP contribution is -2.42. The first-order valence-electron chi connectivity index (χ1n) is 6.30. The molecule has 0 aliphatic rings. The lowest BCUT2D eigenvalue weighted by Gasteiger charge is -2.21. The summed E-state index contributed by atoms with van der Waals surface area (Å²) >= 11 is 18.2. The number of rotatable bonds is 1. The van der Waals surface area contributed by atoms with E-state index in [1.807, 2.05) is 6.07 Å². The Kier molecular flexibility index (Phi) is 5.00. The van der Waals surface area contributed by atoms with Gasteiger partial charge in [0.15, 0.2) is 0 Å². The van der Waals surface area contributed by atoms with Crippen molar-refractivity contribution in [2.45, 2.75) is 19.6 Å². The molecule has 0 amide bonds. The highest BCUT2D eigenvalue weighted by Crippen LogP contribution is 2.38. The van der Waals surface area contributed by atoms with Gasteiger partial charge in [-0.2, -0.15) is 0 Å². The zero-order chi connectivity index (χ0) is 15.2. The van der Waals surface area contributed by atoms with Crippen LogP contribution in [-0.2, 0) is 0 Å². The molecule has 0 spiro atoms. The smallest absolute Gasteiger partial charge is 0.139 e. The van der Waals surface area contributed by atoms with Gasteiger partial charge in [0.05, 0.1) is 0 Å². The van der Waals surface area contributed by atoms with Crippen LogP contribution in [0.5, 0.6) is 0 Å². The molecule has 8 heteroatoms. The molecule has 0 N–H and O–H groups in total. The van der Waals surface area contributed by atoms with Gasteiger partial charge in [0.25, 0.3) is 0 Å². The third-order valence-electron chi connectivity index (χ3n) is 3.85. The van der Waals surface area contributed by atoms with Crippen molar-refractivity contribution in [2.75, 3.05) is 0 Å². The Morgan fingerprint density at radius 1 is 0.600 bits per heavy atom. The average Bonchev–Trinajstić information content (AvgIpc) is 2.38. The second-order valence-corrected chi connectivity index (χ2v) is 6.98. The van der Waals surface area contributed by atoms with Gasteiger partial charge in [-0.25, -0.2) is 0 Å². The Labute approximate surface area is 146 Å². The molecule has 2 aromatic carbocycles. The number of hydrogen-bond donors (Lipinski definition) is 4. The van der Waals surface area contributed by atoms with Crippen LogP contribution in [0.3, 0.4) is 0 Å². The Bertz CT molecular complexity index is 689.